The summed E-state index contributed by atoms with van der Waals surface area (Å²) in [6.45, 7) is 0. The van der Waals surface area contributed by atoms with Crippen LogP contribution >= 0.6 is 0 Å². The van der Waals surface area contributed by atoms with Gasteiger partial charge in [0.15, 0.2) is 0 Å². The van der Waals surface area contributed by atoms with Crippen LogP contribution in [0.2, 0.25) is 0 Å². The van der Waals surface area contributed by atoms with Gasteiger partial charge in [0, 0.05) is 0 Å². The number of para-hydroxylation sites is 1. The Morgan fingerprint density at radius 3 is 2.53 bits per heavy atom. The number of guanidine groups is 1. The number of urea groups is 1. The first kappa shape index (κ1) is 11.0. The Hall–Kier alpha value is -2.08. The van der Waals surface area contributed by atoms with Crippen LogP contribution in [0.4, 0.5) is 10.5 Å². The number of nitrogens with one attached hydrogen (secondary N) is 2. The van der Waals surface area contributed by atoms with Crippen LogP contribution in [0.25, 0.3) is 0 Å². The molecule has 0 aliphatic rings. The zero-order valence-electron chi connectivity index (χ0n) is 8.23. The maximum atomic E-state index is 11.5. The minimum Gasteiger partial charge on any atom is -0.369 e. The number of nitrogens with two attached hydrogens (primary N) is 1. The van der Waals surface area contributed by atoms with Crippen molar-refractivity contribution in [2.75, 3.05) is 12.0 Å². The van der Waals surface area contributed by atoms with Gasteiger partial charge in [0.1, 0.15) is 0 Å². The molecule has 0 heterocycles. The summed E-state index contributed by atoms with van der Waals surface area (Å²) in [7, 11) is 1.31. The number of carbonyl (C=O) groups excluding carboxylic acids is 1. The van der Waals surface area contributed by atoms with Crippen molar-refractivity contribution in [3.8, 4) is 0 Å². The fourth-order valence-corrected chi connectivity index (χ4v) is 1.08. The zero-order valence-corrected chi connectivity index (χ0v) is 8.23. The van der Waals surface area contributed by atoms with Crippen LogP contribution in [0.1, 0.15) is 0 Å². The van der Waals surface area contributed by atoms with Gasteiger partial charge in [-0.1, -0.05) is 18.2 Å². The van der Waals surface area contributed by atoms with Crippen LogP contribution in [-0.2, 0) is 4.84 Å². The molecule has 0 unspecified atom stereocenters. The molecule has 0 aliphatic heterocycles. The predicted octanol–water partition coefficient (Wildman–Crippen LogP) is 0.657. The summed E-state index contributed by atoms with van der Waals surface area (Å²) in [5.74, 6) is -0.379. The third-order valence-electron chi connectivity index (χ3n) is 1.65. The highest BCUT2D eigenvalue weighted by molar-refractivity contribution is 6.13. The Morgan fingerprint density at radius 1 is 1.47 bits per heavy atom. The number of amides is 2. The molecule has 1 rings (SSSR count). The second-order valence-electron chi connectivity index (χ2n) is 2.67. The highest BCUT2D eigenvalue weighted by atomic mass is 16.6. The van der Waals surface area contributed by atoms with Crippen LogP contribution in [0.5, 0.6) is 0 Å². The molecule has 0 aliphatic carbocycles. The Labute approximate surface area is 87.1 Å². The van der Waals surface area contributed by atoms with Crippen LogP contribution in [0.15, 0.2) is 30.3 Å². The van der Waals surface area contributed by atoms with E-state index in [1.54, 1.807) is 30.3 Å². The topological polar surface area (TPSA) is 91.4 Å². The second kappa shape index (κ2) is 4.97. The molecule has 80 valence electrons. The van der Waals surface area contributed by atoms with Crippen molar-refractivity contribution in [2.24, 2.45) is 5.73 Å². The molecule has 0 radical (unpaired) electrons. The van der Waals surface area contributed by atoms with Gasteiger partial charge in [0.25, 0.3) is 0 Å². The van der Waals surface area contributed by atoms with Crippen molar-refractivity contribution in [3.63, 3.8) is 0 Å². The summed E-state index contributed by atoms with van der Waals surface area (Å²) in [6, 6.07) is 8.00. The molecule has 0 saturated heterocycles. The summed E-state index contributed by atoms with van der Waals surface area (Å²) in [5.41, 5.74) is 7.88. The van der Waals surface area contributed by atoms with E-state index in [2.05, 4.69) is 10.3 Å². The molecule has 6 heteroatoms. The third kappa shape index (κ3) is 2.68. The summed E-state index contributed by atoms with van der Waals surface area (Å²) < 4.78 is 0. The normalized spacial score (nSPS) is 9.40. The molecule has 0 saturated carbocycles. The highest BCUT2D eigenvalue weighted by Gasteiger charge is 2.17. The van der Waals surface area contributed by atoms with E-state index in [0.29, 0.717) is 5.69 Å². The van der Waals surface area contributed by atoms with E-state index in [0.717, 1.165) is 4.90 Å². The van der Waals surface area contributed by atoms with E-state index in [4.69, 9.17) is 11.1 Å². The standard InChI is InChI=1S/C9H12N4O2/c1-15-12-9(14)13(8(10)11)7-5-3-2-4-6-7/h2-6H,1H3,(H3,10,11)(H,12,14). The van der Waals surface area contributed by atoms with Gasteiger partial charge in [-0.25, -0.2) is 15.2 Å². The molecular formula is C9H12N4O2. The quantitative estimate of drug-likeness (QED) is 0.378. The van der Waals surface area contributed by atoms with E-state index < -0.39 is 6.03 Å². The highest BCUT2D eigenvalue weighted by Crippen LogP contribution is 2.12. The average Bonchev–Trinajstić information content (AvgIpc) is 2.19. The molecule has 4 N–H and O–H groups in total. The van der Waals surface area contributed by atoms with Crippen LogP contribution < -0.4 is 16.1 Å². The fourth-order valence-electron chi connectivity index (χ4n) is 1.08. The number of hydrogen-bond acceptors (Lipinski definition) is 3. The lowest BCUT2D eigenvalue weighted by Gasteiger charge is -2.19. The lowest BCUT2D eigenvalue weighted by atomic mass is 10.3. The zero-order chi connectivity index (χ0) is 11.3. The lowest BCUT2D eigenvalue weighted by Crippen LogP contribution is -2.46. The van der Waals surface area contributed by atoms with Gasteiger partial charge in [0.2, 0.25) is 5.96 Å². The van der Waals surface area contributed by atoms with Crippen LogP contribution in [0.3, 0.4) is 0 Å². The van der Waals surface area contributed by atoms with Crippen molar-refractivity contribution in [3.05, 3.63) is 30.3 Å². The smallest absolute Gasteiger partial charge is 0.352 e. The molecule has 1 aromatic carbocycles. The maximum absolute atomic E-state index is 11.5. The first-order valence-corrected chi connectivity index (χ1v) is 4.19. The number of rotatable bonds is 2. The minimum atomic E-state index is -0.615. The Balaban J connectivity index is 2.94. The monoisotopic (exact) mass is 208 g/mol. The number of anilines is 1. The fraction of sp³-hybridized carbons (Fsp3) is 0.111. The average molecular weight is 208 g/mol. The molecule has 15 heavy (non-hydrogen) atoms. The number of nitrogens with zero attached hydrogens (tertiary/aromatic N) is 1. The van der Waals surface area contributed by atoms with E-state index in [9.17, 15) is 4.79 Å². The number of hydroxylamine groups is 1. The first-order chi connectivity index (χ1) is 7.16. The molecule has 1 aromatic rings. The van der Waals surface area contributed by atoms with Crippen LogP contribution in [0, 0.1) is 5.41 Å². The maximum Gasteiger partial charge on any atom is 0.352 e. The van der Waals surface area contributed by atoms with Crippen molar-refractivity contribution in [2.45, 2.75) is 0 Å². The third-order valence-corrected chi connectivity index (χ3v) is 1.65. The molecule has 0 aromatic heterocycles. The van der Waals surface area contributed by atoms with E-state index in [1.807, 2.05) is 0 Å². The summed E-state index contributed by atoms with van der Waals surface area (Å²) in [6.07, 6.45) is 0. The van der Waals surface area contributed by atoms with E-state index in [1.165, 1.54) is 7.11 Å². The van der Waals surface area contributed by atoms with Gasteiger partial charge >= 0.3 is 6.03 Å². The van der Waals surface area contributed by atoms with Gasteiger partial charge in [0.05, 0.1) is 12.8 Å². The summed E-state index contributed by atoms with van der Waals surface area (Å²) in [5, 5.41) is 7.29. The minimum absolute atomic E-state index is 0.379. The Morgan fingerprint density at radius 2 is 2.07 bits per heavy atom. The molecule has 0 fully saturated rings. The Bertz CT molecular complexity index is 352. The van der Waals surface area contributed by atoms with Gasteiger partial charge in [-0.05, 0) is 12.1 Å². The molecule has 2 amide bonds. The van der Waals surface area contributed by atoms with Crippen molar-refractivity contribution < 1.29 is 9.63 Å². The number of benzene rings is 1. The Kier molecular flexibility index (Phi) is 3.64. The molecule has 0 bridgehead atoms. The van der Waals surface area contributed by atoms with Crippen LogP contribution in [-0.4, -0.2) is 19.1 Å². The second-order valence-corrected chi connectivity index (χ2v) is 2.67. The molecule has 0 atom stereocenters. The largest absolute Gasteiger partial charge is 0.369 e. The lowest BCUT2D eigenvalue weighted by molar-refractivity contribution is 0.112. The van der Waals surface area contributed by atoms with E-state index in [-0.39, 0.29) is 5.96 Å². The van der Waals surface area contributed by atoms with Crippen molar-refractivity contribution in [1.29, 1.82) is 5.41 Å². The molecule has 0 spiro atoms. The number of hydrogen-bond donors (Lipinski definition) is 3. The summed E-state index contributed by atoms with van der Waals surface area (Å²) >= 11 is 0. The first-order valence-electron chi connectivity index (χ1n) is 4.19. The predicted molar refractivity (Wildman–Crippen MR) is 56.4 cm³/mol. The van der Waals surface area contributed by atoms with Gasteiger partial charge < -0.3 is 5.73 Å². The van der Waals surface area contributed by atoms with E-state index >= 15 is 0 Å². The van der Waals surface area contributed by atoms with Gasteiger partial charge in [-0.2, -0.15) is 0 Å². The van der Waals surface area contributed by atoms with Gasteiger partial charge in [-0.3, -0.25) is 10.2 Å². The molecular weight excluding hydrogens is 196 g/mol. The summed E-state index contributed by atoms with van der Waals surface area (Å²) in [4.78, 5) is 16.9. The van der Waals surface area contributed by atoms with Crippen molar-refractivity contribution in [1.82, 2.24) is 5.48 Å². The molecule has 6 nitrogen and oxygen atoms in total. The van der Waals surface area contributed by atoms with Crippen molar-refractivity contribution >= 4 is 17.7 Å². The van der Waals surface area contributed by atoms with Gasteiger partial charge in [-0.15, -0.1) is 0 Å². The SMILES string of the molecule is CONC(=O)N(C(=N)N)c1ccccc1. The number of carbonyl (C=O) groups is 1.